The van der Waals surface area contributed by atoms with Crippen molar-refractivity contribution in [2.24, 2.45) is 5.92 Å². The van der Waals surface area contributed by atoms with Gasteiger partial charge >= 0.3 is 0 Å². The molecule has 1 aliphatic rings. The maximum absolute atomic E-state index is 11.6. The van der Waals surface area contributed by atoms with Crippen LogP contribution in [0.2, 0.25) is 0 Å². The smallest absolute Gasteiger partial charge is 0.224 e. The Morgan fingerprint density at radius 1 is 1.17 bits per heavy atom. The minimum Gasteiger partial charge on any atom is -0.381 e. The molecule has 0 aliphatic carbocycles. The number of ether oxygens (including phenoxy) is 1. The summed E-state index contributed by atoms with van der Waals surface area (Å²) < 4.78 is 5.02. The van der Waals surface area contributed by atoms with Gasteiger partial charge in [0, 0.05) is 30.6 Å². The molecule has 2 N–H and O–H groups in total. The third-order valence-corrected chi connectivity index (χ3v) is 2.67. The summed E-state index contributed by atoms with van der Waals surface area (Å²) in [6.07, 6.45) is 0.493. The molecule has 0 saturated carbocycles. The first kappa shape index (κ1) is 12.6. The second kappa shape index (κ2) is 5.64. The first-order chi connectivity index (χ1) is 8.63. The van der Waals surface area contributed by atoms with Crippen LogP contribution in [0.3, 0.4) is 0 Å². The van der Waals surface area contributed by atoms with Gasteiger partial charge in [-0.25, -0.2) is 0 Å². The number of hydrogen-bond acceptors (Lipinski definition) is 3. The topological polar surface area (TPSA) is 67.4 Å². The molecule has 0 unspecified atom stereocenters. The number of carbonyl (C=O) groups excluding carboxylic acids is 2. The lowest BCUT2D eigenvalue weighted by Gasteiger charge is -2.25. The Morgan fingerprint density at radius 3 is 2.17 bits per heavy atom. The summed E-state index contributed by atoms with van der Waals surface area (Å²) in [6.45, 7) is 2.81. The lowest BCUT2D eigenvalue weighted by atomic mass is 10.0. The first-order valence-corrected chi connectivity index (χ1v) is 5.89. The summed E-state index contributed by atoms with van der Waals surface area (Å²) in [4.78, 5) is 22.5. The zero-order valence-corrected chi connectivity index (χ0v) is 10.2. The number of anilines is 2. The van der Waals surface area contributed by atoms with E-state index in [0.717, 1.165) is 5.69 Å². The summed E-state index contributed by atoms with van der Waals surface area (Å²) in [5, 5.41) is 5.48. The van der Waals surface area contributed by atoms with Crippen molar-refractivity contribution in [1.82, 2.24) is 0 Å². The van der Waals surface area contributed by atoms with E-state index in [4.69, 9.17) is 4.74 Å². The molecule has 2 rings (SSSR count). The van der Waals surface area contributed by atoms with Gasteiger partial charge in [0.2, 0.25) is 11.8 Å². The molecule has 2 amide bonds. The molecule has 0 bridgehead atoms. The van der Waals surface area contributed by atoms with Crippen LogP contribution in [0, 0.1) is 5.92 Å². The van der Waals surface area contributed by atoms with E-state index in [1.54, 1.807) is 24.3 Å². The second-order valence-electron chi connectivity index (χ2n) is 4.41. The van der Waals surface area contributed by atoms with Crippen molar-refractivity contribution in [2.45, 2.75) is 13.3 Å². The number of amides is 2. The molecule has 1 aromatic rings. The molecule has 0 atom stereocenters. The molecule has 1 heterocycles. The normalized spacial score (nSPS) is 14.7. The van der Waals surface area contributed by atoms with E-state index in [9.17, 15) is 9.59 Å². The van der Waals surface area contributed by atoms with Gasteiger partial charge in [-0.1, -0.05) is 0 Å². The van der Waals surface area contributed by atoms with E-state index in [2.05, 4.69) is 10.6 Å². The van der Waals surface area contributed by atoms with Crippen LogP contribution in [0.1, 0.15) is 13.3 Å². The molecular formula is C13H16N2O3. The predicted octanol–water partition coefficient (Wildman–Crippen LogP) is 1.62. The minimum atomic E-state index is -0.114. The van der Waals surface area contributed by atoms with E-state index < -0.39 is 0 Å². The third-order valence-electron chi connectivity index (χ3n) is 2.67. The van der Waals surface area contributed by atoms with E-state index in [0.29, 0.717) is 31.2 Å². The van der Waals surface area contributed by atoms with Crippen molar-refractivity contribution < 1.29 is 14.3 Å². The highest BCUT2D eigenvalue weighted by Gasteiger charge is 2.21. The quantitative estimate of drug-likeness (QED) is 0.850. The van der Waals surface area contributed by atoms with Gasteiger partial charge in [-0.3, -0.25) is 9.59 Å². The summed E-state index contributed by atoms with van der Waals surface area (Å²) in [5.74, 6) is 0.232. The molecule has 5 nitrogen and oxygen atoms in total. The van der Waals surface area contributed by atoms with Gasteiger partial charge in [0.15, 0.2) is 0 Å². The van der Waals surface area contributed by atoms with E-state index in [1.165, 1.54) is 6.92 Å². The molecular weight excluding hydrogens is 232 g/mol. The van der Waals surface area contributed by atoms with Gasteiger partial charge in [0.1, 0.15) is 0 Å². The van der Waals surface area contributed by atoms with Crippen LogP contribution in [-0.4, -0.2) is 25.0 Å². The molecule has 5 heteroatoms. The zero-order valence-electron chi connectivity index (χ0n) is 10.2. The highest BCUT2D eigenvalue weighted by molar-refractivity contribution is 5.92. The Bertz CT molecular complexity index is 438. The van der Waals surface area contributed by atoms with Gasteiger partial charge in [-0.2, -0.15) is 0 Å². The molecule has 1 fully saturated rings. The molecule has 0 spiro atoms. The van der Waals surface area contributed by atoms with E-state index in [-0.39, 0.29) is 11.8 Å². The average Bonchev–Trinajstić information content (AvgIpc) is 2.26. The summed E-state index contributed by atoms with van der Waals surface area (Å²) >= 11 is 0. The fourth-order valence-electron chi connectivity index (χ4n) is 1.72. The Labute approximate surface area is 106 Å². The van der Waals surface area contributed by atoms with Crippen molar-refractivity contribution >= 4 is 23.2 Å². The monoisotopic (exact) mass is 248 g/mol. The van der Waals surface area contributed by atoms with Gasteiger partial charge < -0.3 is 15.4 Å². The maximum atomic E-state index is 11.6. The van der Waals surface area contributed by atoms with Crippen molar-refractivity contribution in [3.8, 4) is 0 Å². The first-order valence-electron chi connectivity index (χ1n) is 5.89. The highest BCUT2D eigenvalue weighted by Crippen LogP contribution is 2.17. The molecule has 1 saturated heterocycles. The van der Waals surface area contributed by atoms with Gasteiger partial charge in [0.25, 0.3) is 0 Å². The molecule has 18 heavy (non-hydrogen) atoms. The second-order valence-corrected chi connectivity index (χ2v) is 4.41. The Balaban J connectivity index is 1.85. The Hall–Kier alpha value is -1.88. The zero-order chi connectivity index (χ0) is 13.0. The molecule has 96 valence electrons. The van der Waals surface area contributed by atoms with E-state index >= 15 is 0 Å². The van der Waals surface area contributed by atoms with Crippen LogP contribution < -0.4 is 10.6 Å². The van der Waals surface area contributed by atoms with Gasteiger partial charge in [-0.15, -0.1) is 0 Å². The van der Waals surface area contributed by atoms with Gasteiger partial charge in [-0.05, 0) is 24.3 Å². The largest absolute Gasteiger partial charge is 0.381 e. The van der Waals surface area contributed by atoms with Crippen molar-refractivity contribution in [3.05, 3.63) is 24.3 Å². The van der Waals surface area contributed by atoms with Crippen LogP contribution >= 0.6 is 0 Å². The Kier molecular flexibility index (Phi) is 3.94. The van der Waals surface area contributed by atoms with Crippen LogP contribution in [0.15, 0.2) is 24.3 Å². The van der Waals surface area contributed by atoms with Crippen LogP contribution in [0.4, 0.5) is 11.4 Å². The van der Waals surface area contributed by atoms with Crippen LogP contribution in [0.25, 0.3) is 0 Å². The summed E-state index contributed by atoms with van der Waals surface area (Å²) in [5.41, 5.74) is 1.45. The number of benzene rings is 1. The number of hydrogen-bond donors (Lipinski definition) is 2. The van der Waals surface area contributed by atoms with Crippen molar-refractivity contribution in [1.29, 1.82) is 0 Å². The fraction of sp³-hybridized carbons (Fsp3) is 0.385. The standard InChI is InChI=1S/C13H16N2O3/c1-9(16)14-11-2-4-12(5-3-11)15-13(17)6-10-7-18-8-10/h2-5,10H,6-8H2,1H3,(H,14,16)(H,15,17). The Morgan fingerprint density at radius 2 is 1.72 bits per heavy atom. The average molecular weight is 248 g/mol. The summed E-state index contributed by atoms with van der Waals surface area (Å²) in [7, 11) is 0. The third kappa shape index (κ3) is 3.56. The molecule has 0 radical (unpaired) electrons. The van der Waals surface area contributed by atoms with Crippen molar-refractivity contribution in [3.63, 3.8) is 0 Å². The SMILES string of the molecule is CC(=O)Nc1ccc(NC(=O)CC2COC2)cc1. The predicted molar refractivity (Wildman–Crippen MR) is 68.3 cm³/mol. The fourth-order valence-corrected chi connectivity index (χ4v) is 1.72. The molecule has 1 aromatic carbocycles. The molecule has 0 aromatic heterocycles. The minimum absolute atomic E-state index is 0.00410. The lowest BCUT2D eigenvalue weighted by molar-refractivity contribution is -0.121. The number of nitrogens with one attached hydrogen (secondary N) is 2. The highest BCUT2D eigenvalue weighted by atomic mass is 16.5. The molecule has 1 aliphatic heterocycles. The van der Waals surface area contributed by atoms with Crippen LogP contribution in [-0.2, 0) is 14.3 Å². The van der Waals surface area contributed by atoms with Gasteiger partial charge in [0.05, 0.1) is 13.2 Å². The lowest BCUT2D eigenvalue weighted by Crippen LogP contribution is -2.31. The maximum Gasteiger partial charge on any atom is 0.224 e. The number of carbonyl (C=O) groups is 2. The van der Waals surface area contributed by atoms with Crippen molar-refractivity contribution in [2.75, 3.05) is 23.8 Å². The van der Waals surface area contributed by atoms with E-state index in [1.807, 2.05) is 0 Å². The van der Waals surface area contributed by atoms with Crippen LogP contribution in [0.5, 0.6) is 0 Å². The summed E-state index contributed by atoms with van der Waals surface area (Å²) in [6, 6.07) is 7.04. The number of rotatable bonds is 4.